The molecule has 1 unspecified atom stereocenters. The lowest BCUT2D eigenvalue weighted by Crippen LogP contribution is -2.51. The Kier molecular flexibility index (Phi) is 6.33. The van der Waals surface area contributed by atoms with Crippen molar-refractivity contribution < 1.29 is 38.1 Å². The monoisotopic (exact) mass is 429 g/mol. The number of halogens is 1. The van der Waals surface area contributed by atoms with Crippen LogP contribution < -0.4 is 0 Å². The van der Waals surface area contributed by atoms with Crippen LogP contribution in [0.4, 0.5) is 4.39 Å². The van der Waals surface area contributed by atoms with Crippen molar-refractivity contribution in [2.45, 2.75) is 38.6 Å². The predicted molar refractivity (Wildman–Crippen MR) is 104 cm³/mol. The average Bonchev–Trinajstić information content (AvgIpc) is 3.09. The summed E-state index contributed by atoms with van der Waals surface area (Å²) in [5, 5.41) is 9.50. The summed E-state index contributed by atoms with van der Waals surface area (Å²) in [4.78, 5) is 49.5. The largest absolute Gasteiger partial charge is 0.478 e. The molecule has 0 radical (unpaired) electrons. The van der Waals surface area contributed by atoms with Crippen LogP contribution in [0.3, 0.4) is 0 Å². The fraction of sp³-hybridized carbons (Fsp3) is 0.273. The molecule has 1 heterocycles. The van der Waals surface area contributed by atoms with Gasteiger partial charge >= 0.3 is 17.9 Å². The average molecular weight is 429 g/mol. The summed E-state index contributed by atoms with van der Waals surface area (Å²) in [5.41, 5.74) is 1.95. The Bertz CT molecular complexity index is 1040. The number of aliphatic carboxylic acids is 1. The molecule has 2 aromatic carbocycles. The van der Waals surface area contributed by atoms with Crippen molar-refractivity contribution in [3.05, 3.63) is 71.0 Å². The van der Waals surface area contributed by atoms with Crippen LogP contribution in [0.1, 0.15) is 36.6 Å². The quantitative estimate of drug-likeness (QED) is 0.701. The first-order chi connectivity index (χ1) is 14.7. The number of amides is 1. The van der Waals surface area contributed by atoms with E-state index in [1.807, 2.05) is 0 Å². The van der Waals surface area contributed by atoms with E-state index in [4.69, 9.17) is 9.47 Å². The molecule has 3 atom stereocenters. The number of hydrogen-bond acceptors (Lipinski definition) is 6. The van der Waals surface area contributed by atoms with Crippen LogP contribution in [0.5, 0.6) is 0 Å². The molecule has 3 rings (SSSR count). The minimum atomic E-state index is -2.04. The molecule has 0 fully saturated rings. The molecule has 2 aromatic rings. The van der Waals surface area contributed by atoms with Crippen molar-refractivity contribution >= 4 is 23.8 Å². The number of carbonyl (C=O) groups is 4. The number of esters is 2. The Morgan fingerprint density at radius 1 is 1.00 bits per heavy atom. The second-order valence-corrected chi connectivity index (χ2v) is 7.02. The van der Waals surface area contributed by atoms with E-state index in [0.29, 0.717) is 5.56 Å². The van der Waals surface area contributed by atoms with Crippen LogP contribution in [-0.2, 0) is 35.2 Å². The van der Waals surface area contributed by atoms with Gasteiger partial charge in [0.25, 0.3) is 5.91 Å². The molecule has 0 spiro atoms. The standard InChI is InChI=1S/C22H20FNO7/c1-12(25)30-19(20(22(28)29)31-13(2)26)21(27)24-11-15-6-3-4-9-17(15)18(24)14-7-5-8-16(23)10-14/h3-10,18-20H,11H2,1-2H3,(H,28,29)/t18?,19-,20-/m1/s1. The third kappa shape index (κ3) is 4.71. The Hall–Kier alpha value is -3.75. The smallest absolute Gasteiger partial charge is 0.349 e. The molecule has 0 saturated carbocycles. The van der Waals surface area contributed by atoms with E-state index in [2.05, 4.69) is 0 Å². The highest BCUT2D eigenvalue weighted by atomic mass is 19.1. The van der Waals surface area contributed by atoms with E-state index in [9.17, 15) is 28.7 Å². The molecule has 162 valence electrons. The van der Waals surface area contributed by atoms with Crippen LogP contribution in [0.15, 0.2) is 48.5 Å². The molecular weight excluding hydrogens is 409 g/mol. The molecular formula is C22H20FNO7. The molecule has 1 N–H and O–H groups in total. The van der Waals surface area contributed by atoms with Gasteiger partial charge in [-0.25, -0.2) is 9.18 Å². The lowest BCUT2D eigenvalue weighted by atomic mass is 9.97. The summed E-state index contributed by atoms with van der Waals surface area (Å²) in [6.45, 7) is 2.06. The van der Waals surface area contributed by atoms with Crippen molar-refractivity contribution in [1.82, 2.24) is 4.90 Å². The summed E-state index contributed by atoms with van der Waals surface area (Å²) in [7, 11) is 0. The molecule has 1 aliphatic rings. The SMILES string of the molecule is CC(=O)O[C@@H](C(=O)O)[C@@H](OC(C)=O)C(=O)N1Cc2ccccc2C1c1cccc(F)c1. The summed E-state index contributed by atoms with van der Waals surface area (Å²) < 4.78 is 23.7. The Labute approximate surface area is 177 Å². The fourth-order valence-corrected chi connectivity index (χ4v) is 3.63. The zero-order valence-electron chi connectivity index (χ0n) is 16.8. The highest BCUT2D eigenvalue weighted by molar-refractivity contribution is 5.91. The van der Waals surface area contributed by atoms with Gasteiger partial charge in [0.1, 0.15) is 5.82 Å². The number of carboxylic acids is 1. The van der Waals surface area contributed by atoms with Gasteiger partial charge in [0.15, 0.2) is 0 Å². The van der Waals surface area contributed by atoms with Crippen molar-refractivity contribution in [3.8, 4) is 0 Å². The van der Waals surface area contributed by atoms with Gasteiger partial charge in [-0.15, -0.1) is 0 Å². The number of nitrogens with zero attached hydrogens (tertiary/aromatic N) is 1. The molecule has 9 heteroatoms. The summed E-state index contributed by atoms with van der Waals surface area (Å²) in [5.74, 6) is -4.91. The maximum atomic E-state index is 13.9. The van der Waals surface area contributed by atoms with Crippen molar-refractivity contribution in [1.29, 1.82) is 0 Å². The maximum absolute atomic E-state index is 13.9. The van der Waals surface area contributed by atoms with Gasteiger partial charge in [-0.2, -0.15) is 0 Å². The molecule has 0 bridgehead atoms. The van der Waals surface area contributed by atoms with Crippen molar-refractivity contribution in [3.63, 3.8) is 0 Å². The first-order valence-corrected chi connectivity index (χ1v) is 9.40. The van der Waals surface area contributed by atoms with Crippen LogP contribution in [-0.4, -0.2) is 46.0 Å². The van der Waals surface area contributed by atoms with Gasteiger partial charge in [-0.05, 0) is 28.8 Å². The first kappa shape index (κ1) is 21.9. The van der Waals surface area contributed by atoms with Crippen LogP contribution in [0.25, 0.3) is 0 Å². The summed E-state index contributed by atoms with van der Waals surface area (Å²) in [6.07, 6.45) is -3.95. The minimum absolute atomic E-state index is 0.0698. The van der Waals surface area contributed by atoms with Gasteiger partial charge in [-0.1, -0.05) is 36.4 Å². The highest BCUT2D eigenvalue weighted by Crippen LogP contribution is 2.39. The zero-order chi connectivity index (χ0) is 22.7. The fourth-order valence-electron chi connectivity index (χ4n) is 3.63. The molecule has 1 aliphatic heterocycles. The van der Waals surface area contributed by atoms with Gasteiger partial charge in [-0.3, -0.25) is 14.4 Å². The molecule has 0 saturated heterocycles. The summed E-state index contributed by atoms with van der Waals surface area (Å²) in [6, 6.07) is 12.0. The van der Waals surface area contributed by atoms with Crippen LogP contribution >= 0.6 is 0 Å². The van der Waals surface area contributed by atoms with E-state index in [1.54, 1.807) is 30.3 Å². The second kappa shape index (κ2) is 8.95. The summed E-state index contributed by atoms with van der Waals surface area (Å²) >= 11 is 0. The van der Waals surface area contributed by atoms with Gasteiger partial charge < -0.3 is 19.5 Å². The third-order valence-corrected chi connectivity index (χ3v) is 4.80. The third-order valence-electron chi connectivity index (χ3n) is 4.80. The number of ether oxygens (including phenoxy) is 2. The number of benzene rings is 2. The normalized spacial score (nSPS) is 16.7. The van der Waals surface area contributed by atoms with E-state index in [-0.39, 0.29) is 6.54 Å². The Morgan fingerprint density at radius 3 is 2.26 bits per heavy atom. The minimum Gasteiger partial charge on any atom is -0.478 e. The molecule has 1 amide bonds. The molecule has 8 nitrogen and oxygen atoms in total. The highest BCUT2D eigenvalue weighted by Gasteiger charge is 2.45. The lowest BCUT2D eigenvalue weighted by molar-refractivity contribution is -0.184. The van der Waals surface area contributed by atoms with Gasteiger partial charge in [0.2, 0.25) is 12.2 Å². The predicted octanol–water partition coefficient (Wildman–Crippen LogP) is 2.21. The van der Waals surface area contributed by atoms with Crippen LogP contribution in [0, 0.1) is 5.82 Å². The first-order valence-electron chi connectivity index (χ1n) is 9.40. The van der Waals surface area contributed by atoms with Crippen molar-refractivity contribution in [2.24, 2.45) is 0 Å². The number of hydrogen-bond donors (Lipinski definition) is 1. The van der Waals surface area contributed by atoms with E-state index < -0.39 is 47.9 Å². The number of carbonyl (C=O) groups excluding carboxylic acids is 3. The number of rotatable bonds is 6. The molecule has 0 aliphatic carbocycles. The van der Waals surface area contributed by atoms with E-state index >= 15 is 0 Å². The molecule has 31 heavy (non-hydrogen) atoms. The van der Waals surface area contributed by atoms with Crippen LogP contribution in [0.2, 0.25) is 0 Å². The lowest BCUT2D eigenvalue weighted by Gasteiger charge is -2.31. The van der Waals surface area contributed by atoms with E-state index in [0.717, 1.165) is 25.0 Å². The maximum Gasteiger partial charge on any atom is 0.349 e. The molecule has 0 aromatic heterocycles. The number of carboxylic acid groups (broad SMARTS) is 1. The Balaban J connectivity index is 2.06. The second-order valence-electron chi connectivity index (χ2n) is 7.02. The topological polar surface area (TPSA) is 110 Å². The van der Waals surface area contributed by atoms with Gasteiger partial charge in [0, 0.05) is 20.4 Å². The van der Waals surface area contributed by atoms with E-state index in [1.165, 1.54) is 23.1 Å². The zero-order valence-corrected chi connectivity index (χ0v) is 16.8. The number of fused-ring (bicyclic) bond motifs is 1. The van der Waals surface area contributed by atoms with Crippen molar-refractivity contribution in [2.75, 3.05) is 0 Å². The Morgan fingerprint density at radius 2 is 1.65 bits per heavy atom. The van der Waals surface area contributed by atoms with Gasteiger partial charge in [0.05, 0.1) is 6.04 Å².